The number of carbonyl (C=O) groups is 3. The zero-order chi connectivity index (χ0) is 25.0. The first-order chi connectivity index (χ1) is 15.7. The van der Waals surface area contributed by atoms with Crippen LogP contribution >= 0.6 is 12.6 Å². The first-order valence-electron chi connectivity index (χ1n) is 13.1. The second kappa shape index (κ2) is 20.2. The van der Waals surface area contributed by atoms with Crippen LogP contribution in [0.25, 0.3) is 0 Å². The molecule has 0 heterocycles. The number of carboxylic acid groups (broad SMARTS) is 1. The predicted octanol–water partition coefficient (Wildman–Crippen LogP) is 6.03. The van der Waals surface area contributed by atoms with Crippen molar-refractivity contribution in [2.45, 2.75) is 140 Å². The van der Waals surface area contributed by atoms with E-state index in [4.69, 9.17) is 5.11 Å². The zero-order valence-corrected chi connectivity index (χ0v) is 22.3. The predicted molar refractivity (Wildman–Crippen MR) is 140 cm³/mol. The lowest BCUT2D eigenvalue weighted by atomic mass is 10.0. The molecule has 0 aromatic heterocycles. The molecule has 0 aromatic rings. The summed E-state index contributed by atoms with van der Waals surface area (Å²) in [5.74, 6) is -0.973. The molecule has 0 bridgehead atoms. The molecule has 0 radical (unpaired) electrons. The number of likely N-dealkylation sites (N-methyl/N-ethyl adjacent to an activating group) is 1. The summed E-state index contributed by atoms with van der Waals surface area (Å²) < 4.78 is -0.611. The van der Waals surface area contributed by atoms with Crippen LogP contribution in [0.4, 0.5) is 0 Å². The standard InChI is InChI=1S/C26H50N2O4S/c1-26(2,33)24(25(32)27-3)28-22(29)20-18-16-14-12-10-8-6-4-5-7-9-11-13-15-17-19-21-23(30)31/h24,33H,4-21H2,1-3H3,(H,27,32)(H,28,29)(H,30,31)/t24-/m0/s1. The van der Waals surface area contributed by atoms with E-state index in [1.807, 2.05) is 13.8 Å². The molecule has 0 aliphatic rings. The molecule has 1 atom stereocenters. The van der Waals surface area contributed by atoms with E-state index in [0.717, 1.165) is 32.1 Å². The van der Waals surface area contributed by atoms with Crippen molar-refractivity contribution >= 4 is 30.4 Å². The maximum atomic E-state index is 12.2. The van der Waals surface area contributed by atoms with E-state index in [0.29, 0.717) is 12.8 Å². The number of aliphatic carboxylic acids is 1. The molecule has 0 aliphatic heterocycles. The summed E-state index contributed by atoms with van der Waals surface area (Å²) in [6, 6.07) is -0.631. The SMILES string of the molecule is CNC(=O)[C@H](NC(=O)CCCCCCCCCCCCCCCCCCC(=O)O)C(C)(C)S. The van der Waals surface area contributed by atoms with Gasteiger partial charge in [-0.2, -0.15) is 12.6 Å². The van der Waals surface area contributed by atoms with Gasteiger partial charge in [-0.25, -0.2) is 0 Å². The van der Waals surface area contributed by atoms with Gasteiger partial charge in [-0.15, -0.1) is 0 Å². The molecule has 0 aliphatic carbocycles. The molecular formula is C26H50N2O4S. The third-order valence-electron chi connectivity index (χ3n) is 6.06. The number of carboxylic acids is 1. The summed E-state index contributed by atoms with van der Waals surface area (Å²) in [5.41, 5.74) is 0. The van der Waals surface area contributed by atoms with Gasteiger partial charge in [0, 0.05) is 24.6 Å². The Labute approximate surface area is 207 Å². The molecule has 0 rings (SSSR count). The molecule has 0 spiro atoms. The normalized spacial score (nSPS) is 12.4. The van der Waals surface area contributed by atoms with Crippen LogP contribution in [0.3, 0.4) is 0 Å². The number of hydrogen-bond acceptors (Lipinski definition) is 4. The molecule has 0 fully saturated rings. The van der Waals surface area contributed by atoms with E-state index >= 15 is 0 Å². The van der Waals surface area contributed by atoms with Crippen molar-refractivity contribution in [3.05, 3.63) is 0 Å². The number of carbonyl (C=O) groups excluding carboxylic acids is 2. The van der Waals surface area contributed by atoms with Crippen LogP contribution in [0.2, 0.25) is 0 Å². The van der Waals surface area contributed by atoms with Crippen molar-refractivity contribution in [1.29, 1.82) is 0 Å². The van der Waals surface area contributed by atoms with Crippen LogP contribution in [-0.2, 0) is 14.4 Å². The Morgan fingerprint density at radius 2 is 1.03 bits per heavy atom. The van der Waals surface area contributed by atoms with Gasteiger partial charge in [0.2, 0.25) is 11.8 Å². The minimum atomic E-state index is -0.679. The molecule has 0 saturated heterocycles. The van der Waals surface area contributed by atoms with Crippen molar-refractivity contribution in [2.75, 3.05) is 7.05 Å². The Kier molecular flexibility index (Phi) is 19.4. The van der Waals surface area contributed by atoms with E-state index in [-0.39, 0.29) is 11.8 Å². The van der Waals surface area contributed by atoms with Crippen molar-refractivity contribution in [3.8, 4) is 0 Å². The van der Waals surface area contributed by atoms with Gasteiger partial charge in [0.05, 0.1) is 0 Å². The van der Waals surface area contributed by atoms with E-state index < -0.39 is 16.8 Å². The van der Waals surface area contributed by atoms with Crippen molar-refractivity contribution in [1.82, 2.24) is 10.6 Å². The lowest BCUT2D eigenvalue weighted by Gasteiger charge is -2.29. The van der Waals surface area contributed by atoms with Crippen LogP contribution in [-0.4, -0.2) is 40.7 Å². The number of rotatable bonds is 22. The van der Waals surface area contributed by atoms with Crippen molar-refractivity contribution < 1.29 is 19.5 Å². The number of thiol groups is 1. The Morgan fingerprint density at radius 1 is 0.697 bits per heavy atom. The summed E-state index contributed by atoms with van der Waals surface area (Å²) in [4.78, 5) is 34.5. The number of hydrogen-bond donors (Lipinski definition) is 4. The Hall–Kier alpha value is -1.24. The van der Waals surface area contributed by atoms with E-state index in [2.05, 4.69) is 23.3 Å². The van der Waals surface area contributed by atoms with Gasteiger partial charge >= 0.3 is 5.97 Å². The molecule has 7 heteroatoms. The topological polar surface area (TPSA) is 95.5 Å². The summed E-state index contributed by atoms with van der Waals surface area (Å²) in [6.45, 7) is 3.65. The van der Waals surface area contributed by atoms with Crippen LogP contribution < -0.4 is 10.6 Å². The molecule has 3 N–H and O–H groups in total. The van der Waals surface area contributed by atoms with Crippen LogP contribution in [0.5, 0.6) is 0 Å². The van der Waals surface area contributed by atoms with E-state index in [9.17, 15) is 14.4 Å². The van der Waals surface area contributed by atoms with E-state index in [1.54, 1.807) is 7.05 Å². The fraction of sp³-hybridized carbons (Fsp3) is 0.885. The molecule has 6 nitrogen and oxygen atoms in total. The maximum Gasteiger partial charge on any atom is 0.303 e. The Bertz CT molecular complexity index is 535. The lowest BCUT2D eigenvalue weighted by Crippen LogP contribution is -2.54. The summed E-state index contributed by atoms with van der Waals surface area (Å²) in [6.07, 6.45) is 19.8. The highest BCUT2D eigenvalue weighted by Gasteiger charge is 2.32. The summed E-state index contributed by atoms with van der Waals surface area (Å²) in [7, 11) is 1.57. The second-order valence-corrected chi connectivity index (χ2v) is 11.0. The summed E-state index contributed by atoms with van der Waals surface area (Å²) >= 11 is 4.44. The van der Waals surface area contributed by atoms with Gasteiger partial charge in [0.25, 0.3) is 0 Å². The fourth-order valence-corrected chi connectivity index (χ4v) is 4.16. The van der Waals surface area contributed by atoms with Gasteiger partial charge in [-0.1, -0.05) is 89.9 Å². The number of unbranched alkanes of at least 4 members (excludes halogenated alkanes) is 15. The molecule has 33 heavy (non-hydrogen) atoms. The number of nitrogens with one attached hydrogen (secondary N) is 2. The van der Waals surface area contributed by atoms with Gasteiger partial charge in [0.1, 0.15) is 6.04 Å². The molecule has 0 saturated carbocycles. The smallest absolute Gasteiger partial charge is 0.303 e. The van der Waals surface area contributed by atoms with Gasteiger partial charge < -0.3 is 15.7 Å². The molecule has 0 aromatic carbocycles. The average molecular weight is 487 g/mol. The largest absolute Gasteiger partial charge is 0.481 e. The third-order valence-corrected chi connectivity index (χ3v) is 6.32. The minimum Gasteiger partial charge on any atom is -0.481 e. The Morgan fingerprint density at radius 3 is 1.33 bits per heavy atom. The van der Waals surface area contributed by atoms with Crippen LogP contribution in [0, 0.1) is 0 Å². The van der Waals surface area contributed by atoms with E-state index in [1.165, 1.54) is 70.6 Å². The van der Waals surface area contributed by atoms with Gasteiger partial charge in [-0.3, -0.25) is 14.4 Å². The molecule has 2 amide bonds. The Balaban J connectivity index is 3.45. The first kappa shape index (κ1) is 31.8. The maximum absolute atomic E-state index is 12.2. The molecule has 194 valence electrons. The average Bonchev–Trinajstić information content (AvgIpc) is 2.75. The quantitative estimate of drug-likeness (QED) is 0.111. The summed E-state index contributed by atoms with van der Waals surface area (Å²) in [5, 5.41) is 14.0. The fourth-order valence-electron chi connectivity index (χ4n) is 3.98. The minimum absolute atomic E-state index is 0.0797. The van der Waals surface area contributed by atoms with Gasteiger partial charge in [0.15, 0.2) is 0 Å². The van der Waals surface area contributed by atoms with Crippen molar-refractivity contribution in [2.24, 2.45) is 0 Å². The molecule has 0 unspecified atom stereocenters. The number of amides is 2. The third kappa shape index (κ3) is 19.9. The second-order valence-electron chi connectivity index (χ2n) is 9.82. The highest BCUT2D eigenvalue weighted by molar-refractivity contribution is 7.81. The van der Waals surface area contributed by atoms with Crippen molar-refractivity contribution in [3.63, 3.8) is 0 Å². The lowest BCUT2D eigenvalue weighted by molar-refractivity contribution is -0.137. The monoisotopic (exact) mass is 486 g/mol. The van der Waals surface area contributed by atoms with Gasteiger partial charge in [-0.05, 0) is 26.7 Å². The molecular weight excluding hydrogens is 436 g/mol. The van der Waals surface area contributed by atoms with Crippen LogP contribution in [0.15, 0.2) is 0 Å². The zero-order valence-electron chi connectivity index (χ0n) is 21.4. The highest BCUT2D eigenvalue weighted by Crippen LogP contribution is 2.18. The van der Waals surface area contributed by atoms with Crippen LogP contribution in [0.1, 0.15) is 129 Å². The first-order valence-corrected chi connectivity index (χ1v) is 13.6. The highest BCUT2D eigenvalue weighted by atomic mass is 32.1.